The Morgan fingerprint density at radius 3 is 2.92 bits per heavy atom. The molecule has 1 atom stereocenters. The van der Waals surface area contributed by atoms with Crippen molar-refractivity contribution in [2.45, 2.75) is 39.3 Å². The van der Waals surface area contributed by atoms with Crippen molar-refractivity contribution in [3.8, 4) is 0 Å². The molecule has 1 aliphatic rings. The van der Waals surface area contributed by atoms with Crippen molar-refractivity contribution in [3.05, 3.63) is 65.6 Å². The van der Waals surface area contributed by atoms with Crippen molar-refractivity contribution in [2.24, 2.45) is 0 Å². The summed E-state index contributed by atoms with van der Waals surface area (Å²) in [6, 6.07) is 14.5. The van der Waals surface area contributed by atoms with E-state index in [4.69, 9.17) is 0 Å². The molecule has 0 aliphatic carbocycles. The van der Waals surface area contributed by atoms with Crippen molar-refractivity contribution in [1.82, 2.24) is 14.7 Å². The van der Waals surface area contributed by atoms with Gasteiger partial charge in [-0.15, -0.1) is 0 Å². The molecule has 1 aliphatic heterocycles. The van der Waals surface area contributed by atoms with E-state index >= 15 is 0 Å². The van der Waals surface area contributed by atoms with Gasteiger partial charge in [-0.3, -0.25) is 4.79 Å². The molecule has 0 saturated carbocycles. The standard InChI is InChI=1S/C21H24N4O/c1-15(17-7-5-8-18(13-17)24-12-6-10-21(24)26)22-14-19-16(2)23-20-9-3-4-11-25(19)20/h3-5,7-9,11,13,15,22H,6,10,12,14H2,1-2H3. The highest BCUT2D eigenvalue weighted by Crippen LogP contribution is 2.25. The number of amides is 1. The number of aromatic nitrogens is 2. The number of carbonyl (C=O) groups excluding carboxylic acids is 1. The summed E-state index contributed by atoms with van der Waals surface area (Å²) < 4.78 is 2.13. The molecule has 1 unspecified atom stereocenters. The van der Waals surface area contributed by atoms with Crippen LogP contribution in [0.5, 0.6) is 0 Å². The van der Waals surface area contributed by atoms with Gasteiger partial charge in [-0.1, -0.05) is 18.2 Å². The lowest BCUT2D eigenvalue weighted by atomic mass is 10.1. The summed E-state index contributed by atoms with van der Waals surface area (Å²) >= 11 is 0. The number of aryl methyl sites for hydroxylation is 1. The SMILES string of the molecule is Cc1nc2ccccn2c1CNC(C)c1cccc(N2CCCC2=O)c1. The van der Waals surface area contributed by atoms with Gasteiger partial charge in [0.1, 0.15) is 5.65 Å². The summed E-state index contributed by atoms with van der Waals surface area (Å²) in [6.45, 7) is 5.77. The maximum Gasteiger partial charge on any atom is 0.227 e. The highest BCUT2D eigenvalue weighted by Gasteiger charge is 2.22. The van der Waals surface area contributed by atoms with E-state index in [9.17, 15) is 4.79 Å². The molecule has 26 heavy (non-hydrogen) atoms. The average molecular weight is 348 g/mol. The molecule has 1 saturated heterocycles. The van der Waals surface area contributed by atoms with E-state index in [0.717, 1.165) is 36.5 Å². The number of hydrogen-bond donors (Lipinski definition) is 1. The lowest BCUT2D eigenvalue weighted by Gasteiger charge is -2.19. The van der Waals surface area contributed by atoms with Crippen molar-refractivity contribution in [2.75, 3.05) is 11.4 Å². The van der Waals surface area contributed by atoms with Gasteiger partial charge in [0.25, 0.3) is 0 Å². The monoisotopic (exact) mass is 348 g/mol. The third kappa shape index (κ3) is 3.10. The Morgan fingerprint density at radius 2 is 2.12 bits per heavy atom. The molecule has 4 rings (SSSR count). The molecule has 3 heterocycles. The minimum atomic E-state index is 0.182. The molecule has 1 aromatic carbocycles. The molecule has 3 aromatic rings. The number of rotatable bonds is 5. The Morgan fingerprint density at radius 1 is 1.23 bits per heavy atom. The smallest absolute Gasteiger partial charge is 0.227 e. The maximum absolute atomic E-state index is 12.0. The number of anilines is 1. The molecule has 1 amide bonds. The molecule has 1 N–H and O–H groups in total. The van der Waals surface area contributed by atoms with E-state index in [2.05, 4.69) is 40.0 Å². The van der Waals surface area contributed by atoms with E-state index in [0.29, 0.717) is 6.42 Å². The first-order valence-corrected chi connectivity index (χ1v) is 9.20. The molecule has 0 radical (unpaired) electrons. The first-order chi connectivity index (χ1) is 12.6. The van der Waals surface area contributed by atoms with Crippen LogP contribution >= 0.6 is 0 Å². The molecule has 0 spiro atoms. The van der Waals surface area contributed by atoms with Crippen LogP contribution in [0.15, 0.2) is 48.7 Å². The van der Waals surface area contributed by atoms with Crippen LogP contribution in [-0.4, -0.2) is 21.8 Å². The number of fused-ring (bicyclic) bond motifs is 1. The van der Waals surface area contributed by atoms with E-state index in [-0.39, 0.29) is 11.9 Å². The second-order valence-corrected chi connectivity index (χ2v) is 6.92. The third-order valence-electron chi connectivity index (χ3n) is 5.16. The van der Waals surface area contributed by atoms with Crippen molar-refractivity contribution in [1.29, 1.82) is 0 Å². The first-order valence-electron chi connectivity index (χ1n) is 9.20. The van der Waals surface area contributed by atoms with Gasteiger partial charge in [-0.05, 0) is 50.1 Å². The van der Waals surface area contributed by atoms with Gasteiger partial charge in [-0.25, -0.2) is 4.98 Å². The Kier molecular flexibility index (Phi) is 4.47. The Labute approximate surface area is 153 Å². The predicted molar refractivity (Wildman–Crippen MR) is 103 cm³/mol. The fourth-order valence-corrected chi connectivity index (χ4v) is 3.63. The minimum Gasteiger partial charge on any atom is -0.312 e. The second kappa shape index (κ2) is 6.92. The third-order valence-corrected chi connectivity index (χ3v) is 5.16. The number of hydrogen-bond acceptors (Lipinski definition) is 3. The molecular weight excluding hydrogens is 324 g/mol. The Bertz CT molecular complexity index is 946. The Hall–Kier alpha value is -2.66. The molecule has 1 fully saturated rings. The first kappa shape index (κ1) is 16.8. The van der Waals surface area contributed by atoms with E-state index in [1.165, 1.54) is 11.3 Å². The number of nitrogens with one attached hydrogen (secondary N) is 1. The van der Waals surface area contributed by atoms with Crippen LogP contribution in [0.1, 0.15) is 42.8 Å². The number of pyridine rings is 1. The number of carbonyl (C=O) groups is 1. The van der Waals surface area contributed by atoms with Gasteiger partial charge >= 0.3 is 0 Å². The normalized spacial score (nSPS) is 15.8. The van der Waals surface area contributed by atoms with Crippen molar-refractivity contribution < 1.29 is 4.79 Å². The highest BCUT2D eigenvalue weighted by molar-refractivity contribution is 5.95. The topological polar surface area (TPSA) is 49.6 Å². The molecule has 0 bridgehead atoms. The molecule has 5 heteroatoms. The fourth-order valence-electron chi connectivity index (χ4n) is 3.63. The second-order valence-electron chi connectivity index (χ2n) is 6.92. The van der Waals surface area contributed by atoms with Crippen molar-refractivity contribution >= 4 is 17.2 Å². The summed E-state index contributed by atoms with van der Waals surface area (Å²) in [4.78, 5) is 18.5. The van der Waals surface area contributed by atoms with Crippen LogP contribution < -0.4 is 10.2 Å². The summed E-state index contributed by atoms with van der Waals surface area (Å²) in [6.07, 6.45) is 3.66. The number of benzene rings is 1. The largest absolute Gasteiger partial charge is 0.312 e. The molecule has 134 valence electrons. The van der Waals surface area contributed by atoms with Crippen LogP contribution in [0.2, 0.25) is 0 Å². The zero-order valence-corrected chi connectivity index (χ0v) is 15.3. The quantitative estimate of drug-likeness (QED) is 0.766. The van der Waals surface area contributed by atoms with Crippen molar-refractivity contribution in [3.63, 3.8) is 0 Å². The zero-order chi connectivity index (χ0) is 18.1. The summed E-state index contributed by atoms with van der Waals surface area (Å²) in [7, 11) is 0. The maximum atomic E-state index is 12.0. The predicted octanol–water partition coefficient (Wildman–Crippen LogP) is 3.62. The van der Waals surface area contributed by atoms with Gasteiger partial charge in [0, 0.05) is 37.4 Å². The van der Waals surface area contributed by atoms with Crippen LogP contribution in [0.4, 0.5) is 5.69 Å². The van der Waals surface area contributed by atoms with E-state index < -0.39 is 0 Å². The van der Waals surface area contributed by atoms with Crippen LogP contribution in [0, 0.1) is 6.92 Å². The van der Waals surface area contributed by atoms with E-state index in [1.807, 2.05) is 42.2 Å². The zero-order valence-electron chi connectivity index (χ0n) is 15.3. The van der Waals surface area contributed by atoms with Gasteiger partial charge in [0.2, 0.25) is 5.91 Å². The summed E-state index contributed by atoms with van der Waals surface area (Å²) in [5, 5.41) is 3.60. The van der Waals surface area contributed by atoms with Crippen LogP contribution in [0.3, 0.4) is 0 Å². The molecule has 5 nitrogen and oxygen atoms in total. The number of imidazole rings is 1. The summed E-state index contributed by atoms with van der Waals surface area (Å²) in [5.41, 5.74) is 5.40. The lowest BCUT2D eigenvalue weighted by Crippen LogP contribution is -2.24. The van der Waals surface area contributed by atoms with Crippen LogP contribution in [-0.2, 0) is 11.3 Å². The summed E-state index contributed by atoms with van der Waals surface area (Å²) in [5.74, 6) is 0.226. The van der Waals surface area contributed by atoms with Crippen LogP contribution in [0.25, 0.3) is 5.65 Å². The lowest BCUT2D eigenvalue weighted by molar-refractivity contribution is -0.117. The van der Waals surface area contributed by atoms with Gasteiger partial charge in [-0.2, -0.15) is 0 Å². The Balaban J connectivity index is 1.50. The molecule has 2 aromatic heterocycles. The van der Waals surface area contributed by atoms with Gasteiger partial charge in [0.05, 0.1) is 11.4 Å². The van der Waals surface area contributed by atoms with E-state index in [1.54, 1.807) is 0 Å². The molecular formula is C21H24N4O. The average Bonchev–Trinajstić information content (AvgIpc) is 3.22. The highest BCUT2D eigenvalue weighted by atomic mass is 16.2. The fraction of sp³-hybridized carbons (Fsp3) is 0.333. The minimum absolute atomic E-state index is 0.182. The van der Waals surface area contributed by atoms with Gasteiger partial charge in [0.15, 0.2) is 0 Å². The number of nitrogens with zero attached hydrogens (tertiary/aromatic N) is 3. The van der Waals surface area contributed by atoms with Gasteiger partial charge < -0.3 is 14.6 Å².